The first-order valence-electron chi connectivity index (χ1n) is 7.53. The molecule has 1 saturated heterocycles. The second-order valence-electron chi connectivity index (χ2n) is 5.76. The predicted octanol–water partition coefficient (Wildman–Crippen LogP) is 2.26. The van der Waals surface area contributed by atoms with E-state index in [9.17, 15) is 12.6 Å². The first-order chi connectivity index (χ1) is 10.1. The summed E-state index contributed by atoms with van der Waals surface area (Å²) in [6.07, 6.45) is 6.10. The Morgan fingerprint density at radius 1 is 1.14 bits per heavy atom. The molecule has 0 aromatic carbocycles. The summed E-state index contributed by atoms with van der Waals surface area (Å²) in [5, 5.41) is 0.233. The van der Waals surface area contributed by atoms with Gasteiger partial charge in [-0.2, -0.15) is 4.31 Å². The number of furan rings is 1. The highest BCUT2D eigenvalue weighted by Crippen LogP contribution is 2.27. The van der Waals surface area contributed by atoms with Crippen molar-refractivity contribution < 1.29 is 17.0 Å². The Morgan fingerprint density at radius 2 is 1.81 bits per heavy atom. The van der Waals surface area contributed by atoms with Crippen LogP contribution in [0.2, 0.25) is 0 Å². The fourth-order valence-corrected chi connectivity index (χ4v) is 6.02. The average molecular weight is 331 g/mol. The molecule has 0 unspecified atom stereocenters. The molecule has 1 atom stereocenters. The molecule has 1 aliphatic carbocycles. The highest BCUT2D eigenvalue weighted by Gasteiger charge is 2.30. The van der Waals surface area contributed by atoms with Gasteiger partial charge in [0.15, 0.2) is 0 Å². The van der Waals surface area contributed by atoms with Crippen LogP contribution in [-0.2, 0) is 26.6 Å². The third-order valence-electron chi connectivity index (χ3n) is 4.25. The molecule has 2 fully saturated rings. The third-order valence-corrected chi connectivity index (χ3v) is 7.81. The van der Waals surface area contributed by atoms with E-state index < -0.39 is 20.8 Å². The maximum Gasteiger partial charge on any atom is 0.276 e. The molecule has 1 aromatic heterocycles. The summed E-state index contributed by atoms with van der Waals surface area (Å²) in [5.74, 6) is 0.832. The molecule has 0 amide bonds. The van der Waals surface area contributed by atoms with Crippen molar-refractivity contribution in [3.05, 3.63) is 17.9 Å². The Labute approximate surface area is 128 Å². The fraction of sp³-hybridized carbons (Fsp3) is 0.714. The number of rotatable bonds is 5. The summed E-state index contributed by atoms with van der Waals surface area (Å²) in [7, 11) is -4.47. The molecule has 0 bridgehead atoms. The SMILES string of the molecule is O=[S@](Cc1ccc(S(=O)(=O)N2CCCC2)o1)C1CCCC1. The molecule has 1 aliphatic heterocycles. The van der Waals surface area contributed by atoms with Crippen LogP contribution >= 0.6 is 0 Å². The average Bonchev–Trinajstić information content (AvgIpc) is 3.20. The van der Waals surface area contributed by atoms with Crippen LogP contribution in [0.5, 0.6) is 0 Å². The predicted molar refractivity (Wildman–Crippen MR) is 80.8 cm³/mol. The van der Waals surface area contributed by atoms with Crippen LogP contribution in [0, 0.1) is 0 Å². The number of hydrogen-bond donors (Lipinski definition) is 0. The minimum Gasteiger partial charge on any atom is -0.447 e. The van der Waals surface area contributed by atoms with E-state index in [1.165, 1.54) is 10.4 Å². The minimum atomic E-state index is -3.50. The van der Waals surface area contributed by atoms with E-state index in [1.807, 2.05) is 0 Å². The molecule has 0 radical (unpaired) electrons. The van der Waals surface area contributed by atoms with Gasteiger partial charge in [0.25, 0.3) is 10.0 Å². The van der Waals surface area contributed by atoms with Crippen molar-refractivity contribution in [1.29, 1.82) is 0 Å². The summed E-state index contributed by atoms with van der Waals surface area (Å²) < 4.78 is 43.8. The van der Waals surface area contributed by atoms with Gasteiger partial charge >= 0.3 is 0 Å². The first-order valence-corrected chi connectivity index (χ1v) is 10.4. The first kappa shape index (κ1) is 15.2. The second kappa shape index (κ2) is 6.22. The topological polar surface area (TPSA) is 67.6 Å². The Bertz CT molecular complexity index is 611. The molecule has 1 saturated carbocycles. The molecule has 118 valence electrons. The molecule has 1 aromatic rings. The summed E-state index contributed by atoms with van der Waals surface area (Å²) in [6.45, 7) is 1.12. The Balaban J connectivity index is 1.69. The highest BCUT2D eigenvalue weighted by molar-refractivity contribution is 7.89. The van der Waals surface area contributed by atoms with Gasteiger partial charge in [-0.15, -0.1) is 0 Å². The van der Waals surface area contributed by atoms with Crippen LogP contribution in [0.25, 0.3) is 0 Å². The van der Waals surface area contributed by atoms with Gasteiger partial charge < -0.3 is 4.42 Å². The van der Waals surface area contributed by atoms with Crippen molar-refractivity contribution in [3.8, 4) is 0 Å². The van der Waals surface area contributed by atoms with E-state index in [4.69, 9.17) is 4.42 Å². The van der Waals surface area contributed by atoms with Crippen molar-refractivity contribution in [3.63, 3.8) is 0 Å². The van der Waals surface area contributed by atoms with E-state index in [0.717, 1.165) is 38.5 Å². The van der Waals surface area contributed by atoms with E-state index in [-0.39, 0.29) is 10.3 Å². The van der Waals surface area contributed by atoms with Crippen LogP contribution in [0.4, 0.5) is 0 Å². The minimum absolute atomic E-state index is 0.0113. The second-order valence-corrected chi connectivity index (χ2v) is 9.35. The van der Waals surface area contributed by atoms with E-state index in [1.54, 1.807) is 6.07 Å². The van der Waals surface area contributed by atoms with E-state index in [2.05, 4.69) is 0 Å². The van der Waals surface area contributed by atoms with Crippen molar-refractivity contribution in [2.45, 2.75) is 54.6 Å². The molecular formula is C14H21NO4S2. The van der Waals surface area contributed by atoms with Crippen LogP contribution in [0.1, 0.15) is 44.3 Å². The molecule has 21 heavy (non-hydrogen) atoms. The maximum atomic E-state index is 12.3. The Morgan fingerprint density at radius 3 is 2.48 bits per heavy atom. The molecule has 0 spiro atoms. The third kappa shape index (κ3) is 3.24. The lowest BCUT2D eigenvalue weighted by Crippen LogP contribution is -2.27. The summed E-state index contributed by atoms with van der Waals surface area (Å²) in [4.78, 5) is 0. The number of nitrogens with zero attached hydrogens (tertiary/aromatic N) is 1. The van der Waals surface area contributed by atoms with E-state index >= 15 is 0 Å². The summed E-state index contributed by atoms with van der Waals surface area (Å²) in [5.41, 5.74) is 0. The van der Waals surface area contributed by atoms with Crippen molar-refractivity contribution in [1.82, 2.24) is 4.31 Å². The Kier molecular flexibility index (Phi) is 4.51. The molecule has 7 heteroatoms. The fourth-order valence-electron chi connectivity index (χ4n) is 3.04. The monoisotopic (exact) mass is 331 g/mol. The van der Waals surface area contributed by atoms with E-state index in [0.29, 0.717) is 24.6 Å². The Hall–Kier alpha value is -0.660. The van der Waals surface area contributed by atoms with Gasteiger partial charge in [-0.3, -0.25) is 4.21 Å². The lowest BCUT2D eigenvalue weighted by Gasteiger charge is -2.12. The number of hydrogen-bond acceptors (Lipinski definition) is 4. The summed E-state index contributed by atoms with van der Waals surface area (Å²) >= 11 is 0. The van der Waals surface area contributed by atoms with Gasteiger partial charge in [0, 0.05) is 29.1 Å². The lowest BCUT2D eigenvalue weighted by atomic mass is 10.4. The van der Waals surface area contributed by atoms with Crippen LogP contribution in [-0.4, -0.2) is 35.3 Å². The zero-order valence-corrected chi connectivity index (χ0v) is 13.6. The molecule has 5 nitrogen and oxygen atoms in total. The molecular weight excluding hydrogens is 310 g/mol. The molecule has 3 rings (SSSR count). The molecule has 0 N–H and O–H groups in total. The lowest BCUT2D eigenvalue weighted by molar-refractivity contribution is 0.396. The van der Waals surface area contributed by atoms with Gasteiger partial charge in [0.05, 0.1) is 5.75 Å². The van der Waals surface area contributed by atoms with Crippen LogP contribution in [0.3, 0.4) is 0 Å². The normalized spacial score (nSPS) is 22.9. The quantitative estimate of drug-likeness (QED) is 0.830. The molecule has 2 heterocycles. The standard InChI is InChI=1S/C14H21NO4S2/c16-20(13-5-1-2-6-13)11-12-7-8-14(19-12)21(17,18)15-9-3-4-10-15/h7-8,13H,1-6,9-11H2/t20-/m1/s1. The molecule has 2 aliphatic rings. The van der Waals surface area contributed by atoms with Gasteiger partial charge in [0.2, 0.25) is 5.09 Å². The van der Waals surface area contributed by atoms with Crippen LogP contribution < -0.4 is 0 Å². The van der Waals surface area contributed by atoms with Crippen molar-refractivity contribution in [2.24, 2.45) is 0 Å². The zero-order chi connectivity index (χ0) is 14.9. The van der Waals surface area contributed by atoms with Gasteiger partial charge in [-0.25, -0.2) is 8.42 Å². The van der Waals surface area contributed by atoms with Crippen molar-refractivity contribution >= 4 is 20.8 Å². The largest absolute Gasteiger partial charge is 0.447 e. The smallest absolute Gasteiger partial charge is 0.276 e. The number of sulfonamides is 1. The van der Waals surface area contributed by atoms with Gasteiger partial charge in [0.1, 0.15) is 5.76 Å². The van der Waals surface area contributed by atoms with Crippen molar-refractivity contribution in [2.75, 3.05) is 13.1 Å². The van der Waals surface area contributed by atoms with Gasteiger partial charge in [-0.1, -0.05) is 12.8 Å². The summed E-state index contributed by atoms with van der Waals surface area (Å²) in [6, 6.07) is 3.14. The highest BCUT2D eigenvalue weighted by atomic mass is 32.2. The van der Waals surface area contributed by atoms with Crippen LogP contribution in [0.15, 0.2) is 21.6 Å². The zero-order valence-electron chi connectivity index (χ0n) is 12.0. The van der Waals surface area contributed by atoms with Gasteiger partial charge in [-0.05, 0) is 37.8 Å². The maximum absolute atomic E-state index is 12.3.